The molecular formula is C17H16N2OS. The SMILES string of the molecule is Cc1ccc(N)cc1S(=O)Cc1cccc2cccnc12. The number of rotatable bonds is 3. The highest BCUT2D eigenvalue weighted by atomic mass is 32.2. The zero-order valence-corrected chi connectivity index (χ0v) is 12.6. The molecule has 2 N–H and O–H groups in total. The van der Waals surface area contributed by atoms with E-state index in [4.69, 9.17) is 5.73 Å². The van der Waals surface area contributed by atoms with Gasteiger partial charge in [-0.3, -0.25) is 9.19 Å². The molecule has 4 heteroatoms. The van der Waals surface area contributed by atoms with Crippen LogP contribution in [0.1, 0.15) is 11.1 Å². The maximum absolute atomic E-state index is 12.7. The van der Waals surface area contributed by atoms with Crippen LogP contribution in [-0.4, -0.2) is 9.19 Å². The van der Waals surface area contributed by atoms with Crippen molar-refractivity contribution >= 4 is 27.4 Å². The molecule has 1 aromatic heterocycles. The number of hydrogen-bond donors (Lipinski definition) is 1. The van der Waals surface area contributed by atoms with Crippen LogP contribution in [0, 0.1) is 6.92 Å². The molecule has 0 amide bonds. The van der Waals surface area contributed by atoms with E-state index in [1.807, 2.05) is 49.4 Å². The first kappa shape index (κ1) is 13.8. The van der Waals surface area contributed by atoms with Gasteiger partial charge in [0.15, 0.2) is 0 Å². The molecule has 0 aliphatic carbocycles. The molecule has 1 heterocycles. The van der Waals surface area contributed by atoms with E-state index in [2.05, 4.69) is 4.98 Å². The van der Waals surface area contributed by atoms with E-state index >= 15 is 0 Å². The molecule has 0 spiro atoms. The molecule has 3 rings (SSSR count). The first-order valence-corrected chi connectivity index (χ1v) is 8.04. The normalized spacial score (nSPS) is 12.4. The first-order valence-electron chi connectivity index (χ1n) is 6.72. The summed E-state index contributed by atoms with van der Waals surface area (Å²) in [4.78, 5) is 5.20. The van der Waals surface area contributed by atoms with Gasteiger partial charge in [0.2, 0.25) is 0 Å². The molecule has 0 saturated carbocycles. The molecule has 1 unspecified atom stereocenters. The Bertz CT molecular complexity index is 825. The second-order valence-electron chi connectivity index (χ2n) is 5.01. The molecule has 21 heavy (non-hydrogen) atoms. The topological polar surface area (TPSA) is 56.0 Å². The third-order valence-electron chi connectivity index (χ3n) is 3.46. The second-order valence-corrected chi connectivity index (χ2v) is 6.43. The van der Waals surface area contributed by atoms with Gasteiger partial charge in [0, 0.05) is 22.2 Å². The molecule has 0 aliphatic rings. The average Bonchev–Trinajstić information content (AvgIpc) is 2.50. The number of nitrogens with zero attached hydrogens (tertiary/aromatic N) is 1. The van der Waals surface area contributed by atoms with Crippen LogP contribution in [0.4, 0.5) is 5.69 Å². The second kappa shape index (κ2) is 5.66. The standard InChI is InChI=1S/C17H16N2OS/c1-12-7-8-15(18)10-16(12)21(20)11-14-5-2-4-13-6-3-9-19-17(13)14/h2-10H,11,18H2,1H3. The molecular weight excluding hydrogens is 280 g/mol. The Kier molecular flexibility index (Phi) is 3.71. The molecule has 106 valence electrons. The quantitative estimate of drug-likeness (QED) is 0.753. The summed E-state index contributed by atoms with van der Waals surface area (Å²) in [7, 11) is -1.13. The summed E-state index contributed by atoms with van der Waals surface area (Å²) < 4.78 is 12.7. The number of benzene rings is 2. The Labute approximate surface area is 126 Å². The van der Waals surface area contributed by atoms with Crippen LogP contribution in [0.15, 0.2) is 59.6 Å². The lowest BCUT2D eigenvalue weighted by atomic mass is 10.1. The van der Waals surface area contributed by atoms with E-state index in [0.29, 0.717) is 11.4 Å². The van der Waals surface area contributed by atoms with E-state index < -0.39 is 10.8 Å². The monoisotopic (exact) mass is 296 g/mol. The number of para-hydroxylation sites is 1. The highest BCUT2D eigenvalue weighted by Gasteiger charge is 2.11. The summed E-state index contributed by atoms with van der Waals surface area (Å²) in [5.41, 5.74) is 9.34. The van der Waals surface area contributed by atoms with Crippen LogP contribution in [0.2, 0.25) is 0 Å². The number of aromatic nitrogens is 1. The predicted molar refractivity (Wildman–Crippen MR) is 87.4 cm³/mol. The van der Waals surface area contributed by atoms with E-state index in [0.717, 1.165) is 26.9 Å². The Morgan fingerprint density at radius 2 is 1.95 bits per heavy atom. The summed E-state index contributed by atoms with van der Waals surface area (Å²) in [5, 5.41) is 1.07. The van der Waals surface area contributed by atoms with Crippen LogP contribution < -0.4 is 5.73 Å². The lowest BCUT2D eigenvalue weighted by Gasteiger charge is -2.09. The number of nitrogen functional groups attached to an aromatic ring is 1. The number of pyridine rings is 1. The van der Waals surface area contributed by atoms with Crippen molar-refractivity contribution in [2.24, 2.45) is 0 Å². The molecule has 0 radical (unpaired) electrons. The zero-order valence-electron chi connectivity index (χ0n) is 11.7. The van der Waals surface area contributed by atoms with Crippen LogP contribution in [-0.2, 0) is 16.6 Å². The number of anilines is 1. The van der Waals surface area contributed by atoms with Crippen LogP contribution >= 0.6 is 0 Å². The lowest BCUT2D eigenvalue weighted by molar-refractivity contribution is 0.682. The Hall–Kier alpha value is -2.20. The number of nitrogens with two attached hydrogens (primary N) is 1. The maximum atomic E-state index is 12.7. The van der Waals surface area contributed by atoms with Crippen molar-refractivity contribution in [3.8, 4) is 0 Å². The van der Waals surface area contributed by atoms with E-state index in [1.165, 1.54) is 0 Å². The fourth-order valence-electron chi connectivity index (χ4n) is 2.36. The minimum absolute atomic E-state index is 0.443. The number of hydrogen-bond acceptors (Lipinski definition) is 3. The van der Waals surface area contributed by atoms with Gasteiger partial charge in [-0.05, 0) is 36.2 Å². The third-order valence-corrected chi connectivity index (χ3v) is 4.96. The van der Waals surface area contributed by atoms with Gasteiger partial charge in [-0.2, -0.15) is 0 Å². The fraction of sp³-hybridized carbons (Fsp3) is 0.118. The van der Waals surface area contributed by atoms with Gasteiger partial charge >= 0.3 is 0 Å². The van der Waals surface area contributed by atoms with Crippen molar-refractivity contribution in [2.45, 2.75) is 17.6 Å². The molecule has 3 aromatic rings. The van der Waals surface area contributed by atoms with Crippen LogP contribution in [0.5, 0.6) is 0 Å². The number of fused-ring (bicyclic) bond motifs is 1. The number of aryl methyl sites for hydroxylation is 1. The Balaban J connectivity index is 1.99. The minimum Gasteiger partial charge on any atom is -0.399 e. The summed E-state index contributed by atoms with van der Waals surface area (Å²) >= 11 is 0. The summed E-state index contributed by atoms with van der Waals surface area (Å²) in [6.07, 6.45) is 1.76. The van der Waals surface area contributed by atoms with Gasteiger partial charge in [0.05, 0.1) is 22.1 Å². The molecule has 1 atom stereocenters. The third kappa shape index (κ3) is 2.81. The molecule has 0 aliphatic heterocycles. The van der Waals surface area contributed by atoms with E-state index in [9.17, 15) is 4.21 Å². The average molecular weight is 296 g/mol. The molecule has 3 nitrogen and oxygen atoms in total. The lowest BCUT2D eigenvalue weighted by Crippen LogP contribution is -2.01. The van der Waals surface area contributed by atoms with Crippen molar-refractivity contribution in [1.82, 2.24) is 4.98 Å². The molecule has 2 aromatic carbocycles. The van der Waals surface area contributed by atoms with Crippen molar-refractivity contribution < 1.29 is 4.21 Å². The minimum atomic E-state index is -1.13. The van der Waals surface area contributed by atoms with Crippen molar-refractivity contribution in [1.29, 1.82) is 0 Å². The van der Waals surface area contributed by atoms with Crippen molar-refractivity contribution in [2.75, 3.05) is 5.73 Å². The van der Waals surface area contributed by atoms with Crippen molar-refractivity contribution in [3.05, 3.63) is 65.9 Å². The smallest absolute Gasteiger partial charge is 0.0743 e. The molecule has 0 bridgehead atoms. The van der Waals surface area contributed by atoms with Gasteiger partial charge in [-0.15, -0.1) is 0 Å². The zero-order chi connectivity index (χ0) is 14.8. The molecule has 0 fully saturated rings. The van der Waals surface area contributed by atoms with Gasteiger partial charge in [-0.25, -0.2) is 0 Å². The Morgan fingerprint density at radius 1 is 1.14 bits per heavy atom. The van der Waals surface area contributed by atoms with Gasteiger partial charge in [-0.1, -0.05) is 30.3 Å². The van der Waals surface area contributed by atoms with Gasteiger partial charge in [0.1, 0.15) is 0 Å². The van der Waals surface area contributed by atoms with E-state index in [-0.39, 0.29) is 0 Å². The van der Waals surface area contributed by atoms with Crippen LogP contribution in [0.25, 0.3) is 10.9 Å². The first-order chi connectivity index (χ1) is 10.1. The summed E-state index contributed by atoms with van der Waals surface area (Å²) in [5.74, 6) is 0.443. The molecule has 0 saturated heterocycles. The largest absolute Gasteiger partial charge is 0.399 e. The highest BCUT2D eigenvalue weighted by molar-refractivity contribution is 7.84. The maximum Gasteiger partial charge on any atom is 0.0743 e. The summed E-state index contributed by atoms with van der Waals surface area (Å²) in [6, 6.07) is 15.4. The Morgan fingerprint density at radius 3 is 2.81 bits per heavy atom. The predicted octanol–water partition coefficient (Wildman–Crippen LogP) is 3.43. The van der Waals surface area contributed by atoms with E-state index in [1.54, 1.807) is 12.3 Å². The fourth-order valence-corrected chi connectivity index (χ4v) is 3.73. The van der Waals surface area contributed by atoms with Gasteiger partial charge in [0.25, 0.3) is 0 Å². The summed E-state index contributed by atoms with van der Waals surface area (Å²) in [6.45, 7) is 1.95. The highest BCUT2D eigenvalue weighted by Crippen LogP contribution is 2.22. The van der Waals surface area contributed by atoms with Gasteiger partial charge < -0.3 is 5.73 Å². The van der Waals surface area contributed by atoms with Crippen molar-refractivity contribution in [3.63, 3.8) is 0 Å². The van der Waals surface area contributed by atoms with Crippen LogP contribution in [0.3, 0.4) is 0 Å².